The molecule has 0 atom stereocenters. The maximum absolute atomic E-state index is 10.3. The minimum Gasteiger partial charge on any atom is -0.480 e. The predicted octanol–water partition coefficient (Wildman–Crippen LogP) is 1.35. The van der Waals surface area contributed by atoms with Gasteiger partial charge in [-0.25, -0.2) is 4.79 Å². The molecule has 0 spiro atoms. The van der Waals surface area contributed by atoms with Gasteiger partial charge in [-0.1, -0.05) is 11.2 Å². The molecule has 2 aromatic heterocycles. The number of pyridine rings is 1. The van der Waals surface area contributed by atoms with Crippen molar-refractivity contribution in [3.8, 4) is 11.5 Å². The van der Waals surface area contributed by atoms with E-state index in [1.165, 1.54) is 0 Å². The second-order valence-corrected chi connectivity index (χ2v) is 4.08. The molecule has 0 saturated carbocycles. The van der Waals surface area contributed by atoms with E-state index in [1.807, 2.05) is 19.9 Å². The van der Waals surface area contributed by atoms with Gasteiger partial charge in [-0.15, -0.1) is 0 Å². The van der Waals surface area contributed by atoms with Gasteiger partial charge in [-0.05, 0) is 25.0 Å². The van der Waals surface area contributed by atoms with E-state index in [1.54, 1.807) is 6.20 Å². The highest BCUT2D eigenvalue weighted by molar-refractivity contribution is 5.67. The second kappa shape index (κ2) is 5.57. The highest BCUT2D eigenvalue weighted by Crippen LogP contribution is 2.18. The van der Waals surface area contributed by atoms with Crippen molar-refractivity contribution in [2.75, 3.05) is 6.61 Å². The van der Waals surface area contributed by atoms with Crippen molar-refractivity contribution in [3.05, 3.63) is 29.3 Å². The van der Waals surface area contributed by atoms with Crippen LogP contribution in [0.25, 0.3) is 11.5 Å². The fourth-order valence-corrected chi connectivity index (χ4v) is 1.58. The molecule has 7 nitrogen and oxygen atoms in total. The van der Waals surface area contributed by atoms with Crippen LogP contribution < -0.4 is 0 Å². The summed E-state index contributed by atoms with van der Waals surface area (Å²) in [5.74, 6) is -0.458. The first kappa shape index (κ1) is 13.2. The summed E-state index contributed by atoms with van der Waals surface area (Å²) < 4.78 is 9.83. The fraction of sp³-hybridized carbons (Fsp3) is 0.333. The van der Waals surface area contributed by atoms with Gasteiger partial charge in [0.1, 0.15) is 18.9 Å². The number of carbonyl (C=O) groups is 1. The van der Waals surface area contributed by atoms with Crippen LogP contribution >= 0.6 is 0 Å². The number of hydrogen-bond donors (Lipinski definition) is 1. The molecule has 0 aliphatic rings. The van der Waals surface area contributed by atoms with Crippen molar-refractivity contribution in [1.29, 1.82) is 0 Å². The molecule has 0 aliphatic carbocycles. The number of rotatable bonds is 5. The van der Waals surface area contributed by atoms with Gasteiger partial charge in [0.15, 0.2) is 0 Å². The zero-order valence-corrected chi connectivity index (χ0v) is 10.6. The smallest absolute Gasteiger partial charge is 0.329 e. The SMILES string of the molecule is Cc1cnc(-c2noc(COCC(=O)O)n2)c(C)c1. The Morgan fingerprint density at radius 2 is 2.26 bits per heavy atom. The van der Waals surface area contributed by atoms with Crippen molar-refractivity contribution in [2.45, 2.75) is 20.5 Å². The van der Waals surface area contributed by atoms with Crippen molar-refractivity contribution in [2.24, 2.45) is 0 Å². The summed E-state index contributed by atoms with van der Waals surface area (Å²) >= 11 is 0. The lowest BCUT2D eigenvalue weighted by Gasteiger charge is -2.00. The molecule has 0 saturated heterocycles. The molecular formula is C12H13N3O4. The topological polar surface area (TPSA) is 98.3 Å². The van der Waals surface area contributed by atoms with Crippen LogP contribution in [0, 0.1) is 13.8 Å². The first-order valence-electron chi connectivity index (χ1n) is 5.62. The highest BCUT2D eigenvalue weighted by Gasteiger charge is 2.12. The molecule has 7 heteroatoms. The number of aliphatic carboxylic acids is 1. The van der Waals surface area contributed by atoms with Gasteiger partial charge in [-0.3, -0.25) is 4.98 Å². The first-order valence-corrected chi connectivity index (χ1v) is 5.62. The lowest BCUT2D eigenvalue weighted by Crippen LogP contribution is -2.06. The zero-order chi connectivity index (χ0) is 13.8. The number of aromatic nitrogens is 3. The molecule has 0 amide bonds. The summed E-state index contributed by atoms with van der Waals surface area (Å²) in [4.78, 5) is 18.7. The summed E-state index contributed by atoms with van der Waals surface area (Å²) in [6.07, 6.45) is 1.72. The van der Waals surface area contributed by atoms with Crippen LogP contribution in [-0.4, -0.2) is 32.8 Å². The summed E-state index contributed by atoms with van der Waals surface area (Å²) in [7, 11) is 0. The third-order valence-electron chi connectivity index (χ3n) is 2.35. The van der Waals surface area contributed by atoms with E-state index in [0.717, 1.165) is 11.1 Å². The molecule has 100 valence electrons. The first-order chi connectivity index (χ1) is 9.06. The van der Waals surface area contributed by atoms with Gasteiger partial charge in [-0.2, -0.15) is 4.98 Å². The normalized spacial score (nSPS) is 10.6. The van der Waals surface area contributed by atoms with Crippen molar-refractivity contribution < 1.29 is 19.2 Å². The molecule has 0 aromatic carbocycles. The molecule has 2 heterocycles. The molecule has 1 N–H and O–H groups in total. The Bertz CT molecular complexity index is 594. The Balaban J connectivity index is 2.10. The molecule has 0 radical (unpaired) electrons. The highest BCUT2D eigenvalue weighted by atomic mass is 16.5. The van der Waals surface area contributed by atoms with Gasteiger partial charge >= 0.3 is 5.97 Å². The number of ether oxygens (including phenoxy) is 1. The molecular weight excluding hydrogens is 250 g/mol. The number of carboxylic acid groups (broad SMARTS) is 1. The molecule has 0 fully saturated rings. The number of hydrogen-bond acceptors (Lipinski definition) is 6. The van der Waals surface area contributed by atoms with E-state index in [0.29, 0.717) is 11.5 Å². The number of nitrogens with zero attached hydrogens (tertiary/aromatic N) is 3. The van der Waals surface area contributed by atoms with E-state index in [2.05, 4.69) is 15.1 Å². The third-order valence-corrected chi connectivity index (χ3v) is 2.35. The lowest BCUT2D eigenvalue weighted by atomic mass is 10.1. The molecule has 2 aromatic rings. The fourth-order valence-electron chi connectivity index (χ4n) is 1.58. The van der Waals surface area contributed by atoms with Crippen LogP contribution in [-0.2, 0) is 16.1 Å². The number of carboxylic acids is 1. The number of aryl methyl sites for hydroxylation is 2. The van der Waals surface area contributed by atoms with E-state index in [4.69, 9.17) is 14.4 Å². The van der Waals surface area contributed by atoms with Gasteiger partial charge in [0, 0.05) is 6.20 Å². The average molecular weight is 263 g/mol. The standard InChI is InChI=1S/C12H13N3O4/c1-7-3-8(2)11(13-4-7)12-14-9(19-15-12)5-18-6-10(16)17/h3-4H,5-6H2,1-2H3,(H,16,17). The maximum atomic E-state index is 10.3. The van der Waals surface area contributed by atoms with Gasteiger partial charge in [0.25, 0.3) is 5.89 Å². The van der Waals surface area contributed by atoms with Crippen LogP contribution in [0.5, 0.6) is 0 Å². The van der Waals surface area contributed by atoms with Crippen LogP contribution in [0.2, 0.25) is 0 Å². The second-order valence-electron chi connectivity index (χ2n) is 4.08. The Labute approximate surface area is 109 Å². The minimum absolute atomic E-state index is 0.0375. The van der Waals surface area contributed by atoms with Crippen LogP contribution in [0.15, 0.2) is 16.8 Å². The van der Waals surface area contributed by atoms with Gasteiger partial charge < -0.3 is 14.4 Å². The van der Waals surface area contributed by atoms with E-state index < -0.39 is 12.6 Å². The Hall–Kier alpha value is -2.28. The predicted molar refractivity (Wildman–Crippen MR) is 64.3 cm³/mol. The van der Waals surface area contributed by atoms with Crippen LogP contribution in [0.1, 0.15) is 17.0 Å². The lowest BCUT2D eigenvalue weighted by molar-refractivity contribution is -0.142. The summed E-state index contributed by atoms with van der Waals surface area (Å²) in [5.41, 5.74) is 2.63. The van der Waals surface area contributed by atoms with Crippen molar-refractivity contribution in [1.82, 2.24) is 15.1 Å². The molecule has 0 aliphatic heterocycles. The van der Waals surface area contributed by atoms with E-state index in [9.17, 15) is 4.79 Å². The average Bonchev–Trinajstić information content (AvgIpc) is 2.77. The Kier molecular flexibility index (Phi) is 3.86. The van der Waals surface area contributed by atoms with Crippen LogP contribution in [0.4, 0.5) is 0 Å². The quantitative estimate of drug-likeness (QED) is 0.869. The van der Waals surface area contributed by atoms with Crippen LogP contribution in [0.3, 0.4) is 0 Å². The Morgan fingerprint density at radius 3 is 2.95 bits per heavy atom. The maximum Gasteiger partial charge on any atom is 0.329 e. The van der Waals surface area contributed by atoms with Gasteiger partial charge in [0.2, 0.25) is 5.82 Å². The van der Waals surface area contributed by atoms with Crippen molar-refractivity contribution in [3.63, 3.8) is 0 Å². The minimum atomic E-state index is -1.05. The van der Waals surface area contributed by atoms with Gasteiger partial charge in [0.05, 0.1) is 0 Å². The van der Waals surface area contributed by atoms with E-state index in [-0.39, 0.29) is 12.5 Å². The van der Waals surface area contributed by atoms with E-state index >= 15 is 0 Å². The molecule has 0 bridgehead atoms. The molecule has 0 unspecified atom stereocenters. The summed E-state index contributed by atoms with van der Waals surface area (Å²) in [6.45, 7) is 3.42. The zero-order valence-electron chi connectivity index (χ0n) is 10.6. The van der Waals surface area contributed by atoms with Crippen molar-refractivity contribution >= 4 is 5.97 Å². The summed E-state index contributed by atoms with van der Waals surface area (Å²) in [5, 5.41) is 12.2. The third kappa shape index (κ3) is 3.35. The Morgan fingerprint density at radius 1 is 1.47 bits per heavy atom. The largest absolute Gasteiger partial charge is 0.480 e. The monoisotopic (exact) mass is 263 g/mol. The molecule has 19 heavy (non-hydrogen) atoms. The molecule has 2 rings (SSSR count). The summed E-state index contributed by atoms with van der Waals surface area (Å²) in [6, 6.07) is 1.97.